The first-order chi connectivity index (χ1) is 18.5. The maximum Gasteiger partial charge on any atom is 1.00 e. The van der Waals surface area contributed by atoms with Crippen molar-refractivity contribution in [3.05, 3.63) is 40.2 Å². The fourth-order valence-corrected chi connectivity index (χ4v) is 4.54. The molecule has 1 fully saturated rings. The molecule has 0 aliphatic carbocycles. The fraction of sp³-hybridized carbons (Fsp3) is 0.794. The van der Waals surface area contributed by atoms with E-state index in [2.05, 4.69) is 132 Å². The zero-order chi connectivity index (χ0) is 31.6. The van der Waals surface area contributed by atoms with Crippen molar-refractivity contribution < 1.29 is 23.6 Å². The molecule has 0 bridgehead atoms. The molecule has 0 aromatic carbocycles. The Kier molecular flexibility index (Phi) is 13.3. The zero-order valence-corrected chi connectivity index (χ0v) is 30.3. The van der Waals surface area contributed by atoms with E-state index in [-0.39, 0.29) is 58.8 Å². The molecule has 1 aliphatic rings. The minimum absolute atomic E-state index is 0. The first-order valence-corrected chi connectivity index (χ1v) is 15.6. The molecular weight excluding hydrogens is 515 g/mol. The van der Waals surface area contributed by atoms with E-state index in [1.807, 2.05) is 0 Å². The molecule has 0 radical (unpaired) electrons. The van der Waals surface area contributed by atoms with Crippen LogP contribution >= 0.6 is 0 Å². The molecule has 1 saturated heterocycles. The number of nitrogens with zero attached hydrogens (tertiary/aromatic N) is 6. The molecule has 2 aromatic heterocycles. The quantitative estimate of drug-likeness (QED) is 0.260. The Morgan fingerprint density at radius 3 is 1.33 bits per heavy atom. The van der Waals surface area contributed by atoms with E-state index in [0.29, 0.717) is 0 Å². The monoisotopic (exact) mass is 577 g/mol. The van der Waals surface area contributed by atoms with Gasteiger partial charge >= 0.3 is 18.9 Å². The molecule has 42 heavy (non-hydrogen) atoms. The average molecular weight is 577 g/mol. The van der Waals surface area contributed by atoms with Gasteiger partial charge in [0.1, 0.15) is 0 Å². The number of aliphatic imine (C=N–C) groups is 1. The number of ether oxygens (including phenoxy) is 1. The summed E-state index contributed by atoms with van der Waals surface area (Å²) in [5.41, 5.74) is 4.00. The molecule has 3 rings (SSSR count). The van der Waals surface area contributed by atoms with E-state index >= 15 is 0 Å². The van der Waals surface area contributed by atoms with E-state index in [1.165, 1.54) is 12.8 Å². The summed E-state index contributed by atoms with van der Waals surface area (Å²) in [5.74, 6) is 0.767. The van der Waals surface area contributed by atoms with Crippen molar-refractivity contribution in [2.24, 2.45) is 4.99 Å². The van der Waals surface area contributed by atoms with Gasteiger partial charge < -0.3 is 15.0 Å². The minimum atomic E-state index is -0.384. The number of amidine groups is 1. The third kappa shape index (κ3) is 10.6. The first kappa shape index (κ1) is 38.5. The molecular formula is C34H61LiN6O. The second-order valence-corrected chi connectivity index (χ2v) is 16.2. The smallest absolute Gasteiger partial charge is 0.463 e. The maximum absolute atomic E-state index is 5.27. The molecule has 0 N–H and O–H groups in total. The van der Waals surface area contributed by atoms with Crippen LogP contribution in [0.2, 0.25) is 0 Å². The molecule has 2 aromatic rings. The molecule has 234 valence electrons. The minimum Gasteiger partial charge on any atom is -0.463 e. The molecule has 1 aliphatic heterocycles. The Hall–Kier alpha value is -1.55. The van der Waals surface area contributed by atoms with Crippen LogP contribution < -0.4 is 18.9 Å². The van der Waals surface area contributed by atoms with Gasteiger partial charge in [-0.25, -0.2) is 9.36 Å². The number of hydrogen-bond acceptors (Lipinski definition) is 4. The van der Waals surface area contributed by atoms with Crippen molar-refractivity contribution in [2.75, 3.05) is 13.2 Å². The molecule has 0 amide bonds. The standard InChI is InChI=1S/C30H53N6.C4H8O.Li/c1-19(2)31-25(32-20(3)4)26(35-23(29(11,12)13)17-21(33-35)27(5,6)7)36-24(30(14,15)16)18-22(34-36)28(8,9)10;1-2-4-5-3-1;/h17-20,26H,1-16H3;1-4H2;/q-1;;+1. The normalized spacial score (nSPS) is 15.3. The van der Waals surface area contributed by atoms with Crippen LogP contribution in [0.3, 0.4) is 0 Å². The fourth-order valence-electron chi connectivity index (χ4n) is 4.54. The van der Waals surface area contributed by atoms with Crippen molar-refractivity contribution in [3.63, 3.8) is 0 Å². The second kappa shape index (κ2) is 14.5. The number of aromatic nitrogens is 4. The van der Waals surface area contributed by atoms with Gasteiger partial charge in [-0.2, -0.15) is 10.2 Å². The van der Waals surface area contributed by atoms with E-state index in [0.717, 1.165) is 41.8 Å². The van der Waals surface area contributed by atoms with Crippen molar-refractivity contribution in [2.45, 2.75) is 164 Å². The molecule has 7 nitrogen and oxygen atoms in total. The summed E-state index contributed by atoms with van der Waals surface area (Å²) in [5, 5.41) is 15.6. The third-order valence-electron chi connectivity index (χ3n) is 6.85. The SMILES string of the molecule is C1CCOC1.CC(C)N=C([N-]C(C)C)C(n1nc(C(C)(C)C)cc1C(C)(C)C)n1nc(C(C)(C)C)cc1C(C)(C)C.[Li+]. The molecule has 0 atom stereocenters. The van der Waals surface area contributed by atoms with E-state index in [1.54, 1.807) is 0 Å². The largest absolute Gasteiger partial charge is 1.00 e. The van der Waals surface area contributed by atoms with E-state index < -0.39 is 0 Å². The zero-order valence-electron chi connectivity index (χ0n) is 30.3. The summed E-state index contributed by atoms with van der Waals surface area (Å²) in [7, 11) is 0. The first-order valence-electron chi connectivity index (χ1n) is 15.6. The summed E-state index contributed by atoms with van der Waals surface area (Å²) in [6.07, 6.45) is 2.17. The van der Waals surface area contributed by atoms with E-state index in [4.69, 9.17) is 25.2 Å². The van der Waals surface area contributed by atoms with Crippen LogP contribution in [0.1, 0.15) is 153 Å². The predicted molar refractivity (Wildman–Crippen MR) is 175 cm³/mol. The summed E-state index contributed by atoms with van der Waals surface area (Å²) < 4.78 is 9.25. The molecule has 3 heterocycles. The summed E-state index contributed by atoms with van der Waals surface area (Å²) in [6, 6.07) is 4.72. The van der Waals surface area contributed by atoms with Crippen molar-refractivity contribution >= 4 is 5.84 Å². The Balaban J connectivity index is 0.00000132. The van der Waals surface area contributed by atoms with Crippen LogP contribution in [0.25, 0.3) is 5.32 Å². The van der Waals surface area contributed by atoms with Gasteiger partial charge in [0, 0.05) is 46.3 Å². The van der Waals surface area contributed by atoms with Crippen molar-refractivity contribution in [1.82, 2.24) is 19.6 Å². The number of hydrogen-bond donors (Lipinski definition) is 0. The van der Waals surface area contributed by atoms with Gasteiger partial charge in [0.05, 0.1) is 11.4 Å². The Bertz CT molecular complexity index is 1060. The summed E-state index contributed by atoms with van der Waals surface area (Å²) >= 11 is 0. The van der Waals surface area contributed by atoms with E-state index in [9.17, 15) is 0 Å². The number of rotatable bonds is 5. The second-order valence-electron chi connectivity index (χ2n) is 16.2. The third-order valence-corrected chi connectivity index (χ3v) is 6.85. The maximum atomic E-state index is 5.27. The molecule has 8 heteroatoms. The van der Waals surface area contributed by atoms with Crippen molar-refractivity contribution in [3.8, 4) is 0 Å². The van der Waals surface area contributed by atoms with Crippen molar-refractivity contribution in [1.29, 1.82) is 0 Å². The van der Waals surface area contributed by atoms with Gasteiger partial charge in [-0.3, -0.25) is 0 Å². The van der Waals surface area contributed by atoms with Gasteiger partial charge in [-0.05, 0) is 42.9 Å². The summed E-state index contributed by atoms with van der Waals surface area (Å²) in [6.45, 7) is 37.2. The van der Waals surface area contributed by atoms with Gasteiger partial charge in [0.25, 0.3) is 0 Å². The van der Waals surface area contributed by atoms with Crippen LogP contribution in [-0.4, -0.2) is 50.7 Å². The van der Waals surface area contributed by atoms with Crippen LogP contribution in [0.15, 0.2) is 17.1 Å². The van der Waals surface area contributed by atoms with Crippen LogP contribution in [-0.2, 0) is 26.4 Å². The summed E-state index contributed by atoms with van der Waals surface area (Å²) in [4.78, 5) is 5.09. The topological polar surface area (TPSA) is 71.3 Å². The van der Waals surface area contributed by atoms with Gasteiger partial charge in [-0.15, -0.1) is 0 Å². The molecule has 0 saturated carbocycles. The molecule has 0 spiro atoms. The van der Waals surface area contributed by atoms with Gasteiger partial charge in [0.2, 0.25) is 0 Å². The molecule has 0 unspecified atom stereocenters. The Morgan fingerprint density at radius 1 is 0.714 bits per heavy atom. The van der Waals surface area contributed by atoms with Gasteiger partial charge in [0.15, 0.2) is 6.17 Å². The Morgan fingerprint density at radius 2 is 1.10 bits per heavy atom. The van der Waals surface area contributed by atoms with Crippen LogP contribution in [0, 0.1) is 0 Å². The van der Waals surface area contributed by atoms with Gasteiger partial charge in [-0.1, -0.05) is 111 Å². The predicted octanol–water partition coefficient (Wildman–Crippen LogP) is 5.71. The Labute approximate surface area is 270 Å². The van der Waals surface area contributed by atoms with Crippen LogP contribution in [0.5, 0.6) is 0 Å². The van der Waals surface area contributed by atoms with Crippen LogP contribution in [0.4, 0.5) is 0 Å². The average Bonchev–Trinajstić information content (AvgIpc) is 3.52.